The summed E-state index contributed by atoms with van der Waals surface area (Å²) in [5, 5.41) is 6.34. The van der Waals surface area contributed by atoms with Crippen molar-refractivity contribution in [1.82, 2.24) is 15.2 Å². The second-order valence-electron chi connectivity index (χ2n) is 4.72. The first-order valence-electron chi connectivity index (χ1n) is 5.90. The van der Waals surface area contributed by atoms with E-state index in [9.17, 15) is 4.79 Å². The molecule has 1 aromatic heterocycles. The van der Waals surface area contributed by atoms with E-state index in [1.165, 1.54) is 6.33 Å². The van der Waals surface area contributed by atoms with E-state index < -0.39 is 0 Å². The third-order valence-corrected chi connectivity index (χ3v) is 3.58. The van der Waals surface area contributed by atoms with Crippen molar-refractivity contribution in [2.75, 3.05) is 19.8 Å². The zero-order chi connectivity index (χ0) is 11.7. The summed E-state index contributed by atoms with van der Waals surface area (Å²) in [4.78, 5) is 16.1. The predicted octanol–water partition coefficient (Wildman–Crippen LogP) is 0.573. The third-order valence-electron chi connectivity index (χ3n) is 3.58. The summed E-state index contributed by atoms with van der Waals surface area (Å²) in [6, 6.07) is 0. The monoisotopic (exact) mass is 237 g/mol. The van der Waals surface area contributed by atoms with Gasteiger partial charge >= 0.3 is 0 Å². The maximum Gasteiger partial charge on any atom is 0.202 e. The Labute approximate surface area is 98.7 Å². The van der Waals surface area contributed by atoms with E-state index in [-0.39, 0.29) is 17.3 Å². The first-order chi connectivity index (χ1) is 8.29. The molecule has 1 N–H and O–H groups in total. The molecule has 2 saturated heterocycles. The number of nitrogens with one attached hydrogen (secondary N) is 1. The van der Waals surface area contributed by atoms with Gasteiger partial charge in [-0.1, -0.05) is 0 Å². The molecule has 0 amide bonds. The van der Waals surface area contributed by atoms with Crippen LogP contribution in [0.5, 0.6) is 0 Å². The highest BCUT2D eigenvalue weighted by atomic mass is 16.6. The molecule has 2 unspecified atom stereocenters. The van der Waals surface area contributed by atoms with Crippen molar-refractivity contribution >= 4 is 5.78 Å². The second kappa shape index (κ2) is 4.19. The number of rotatable bonds is 2. The number of Topliss-reactive ketones (excluding diaryl/α,β-unsaturated/α-hetero) is 1. The predicted molar refractivity (Wildman–Crippen MR) is 57.6 cm³/mol. The van der Waals surface area contributed by atoms with Crippen LogP contribution >= 0.6 is 0 Å². The summed E-state index contributed by atoms with van der Waals surface area (Å²) in [7, 11) is 0. The quantitative estimate of drug-likeness (QED) is 0.761. The van der Waals surface area contributed by atoms with Crippen LogP contribution in [-0.2, 0) is 9.47 Å². The van der Waals surface area contributed by atoms with E-state index >= 15 is 0 Å². The molecule has 17 heavy (non-hydrogen) atoms. The number of aromatic amines is 1. The maximum atomic E-state index is 12.2. The van der Waals surface area contributed by atoms with Crippen LogP contribution in [0.25, 0.3) is 0 Å². The topological polar surface area (TPSA) is 77.1 Å². The fraction of sp³-hybridized carbons (Fsp3) is 0.727. The number of aromatic nitrogens is 3. The van der Waals surface area contributed by atoms with Crippen LogP contribution in [0.15, 0.2) is 6.33 Å². The Morgan fingerprint density at radius 1 is 1.53 bits per heavy atom. The Kier molecular flexibility index (Phi) is 2.68. The van der Waals surface area contributed by atoms with E-state index in [0.717, 1.165) is 25.9 Å². The lowest BCUT2D eigenvalue weighted by Crippen LogP contribution is -2.42. The minimum atomic E-state index is -0.238. The molecule has 0 radical (unpaired) electrons. The van der Waals surface area contributed by atoms with Crippen molar-refractivity contribution < 1.29 is 14.3 Å². The van der Waals surface area contributed by atoms with Gasteiger partial charge in [0.1, 0.15) is 6.33 Å². The fourth-order valence-electron chi connectivity index (χ4n) is 2.63. The smallest absolute Gasteiger partial charge is 0.202 e. The van der Waals surface area contributed by atoms with Crippen molar-refractivity contribution in [3.05, 3.63) is 12.2 Å². The molecule has 0 aromatic carbocycles. The number of hydrogen-bond donors (Lipinski definition) is 1. The van der Waals surface area contributed by atoms with Crippen molar-refractivity contribution in [2.45, 2.75) is 24.9 Å². The van der Waals surface area contributed by atoms with Gasteiger partial charge in [0.25, 0.3) is 0 Å². The largest absolute Gasteiger partial charge is 0.378 e. The lowest BCUT2D eigenvalue weighted by atomic mass is 9.83. The molecule has 3 rings (SSSR count). The molecule has 1 aromatic rings. The van der Waals surface area contributed by atoms with Crippen molar-refractivity contribution in [1.29, 1.82) is 0 Å². The summed E-state index contributed by atoms with van der Waals surface area (Å²) >= 11 is 0. The highest BCUT2D eigenvalue weighted by Crippen LogP contribution is 2.36. The van der Waals surface area contributed by atoms with Crippen LogP contribution in [0.2, 0.25) is 0 Å². The molecule has 2 fully saturated rings. The molecule has 0 aliphatic carbocycles. The Balaban J connectivity index is 1.73. The maximum absolute atomic E-state index is 12.2. The van der Waals surface area contributed by atoms with Gasteiger partial charge in [-0.3, -0.25) is 9.89 Å². The van der Waals surface area contributed by atoms with Crippen molar-refractivity contribution in [2.24, 2.45) is 5.92 Å². The number of ketones is 1. The highest BCUT2D eigenvalue weighted by molar-refractivity contribution is 5.94. The van der Waals surface area contributed by atoms with Gasteiger partial charge < -0.3 is 9.47 Å². The van der Waals surface area contributed by atoms with Gasteiger partial charge in [0.2, 0.25) is 5.78 Å². The second-order valence-corrected chi connectivity index (χ2v) is 4.72. The van der Waals surface area contributed by atoms with Gasteiger partial charge in [-0.25, -0.2) is 4.98 Å². The van der Waals surface area contributed by atoms with Gasteiger partial charge in [-0.05, 0) is 12.8 Å². The molecule has 2 aliphatic rings. The number of hydrogen-bond acceptors (Lipinski definition) is 5. The number of carbonyl (C=O) groups is 1. The Bertz CT molecular complexity index is 398. The van der Waals surface area contributed by atoms with Gasteiger partial charge in [0, 0.05) is 25.6 Å². The molecular weight excluding hydrogens is 222 g/mol. The summed E-state index contributed by atoms with van der Waals surface area (Å²) in [5.41, 5.74) is -0.238. The number of H-pyrrole nitrogens is 1. The Morgan fingerprint density at radius 3 is 3.18 bits per heavy atom. The third kappa shape index (κ3) is 1.98. The van der Waals surface area contributed by atoms with E-state index in [2.05, 4.69) is 15.2 Å². The Hall–Kier alpha value is -1.27. The van der Waals surface area contributed by atoms with Crippen LogP contribution in [0.4, 0.5) is 0 Å². The lowest BCUT2D eigenvalue weighted by Gasteiger charge is -2.36. The van der Waals surface area contributed by atoms with Gasteiger partial charge in [0.05, 0.1) is 12.2 Å². The fourth-order valence-corrected chi connectivity index (χ4v) is 2.63. The van der Waals surface area contributed by atoms with Gasteiger partial charge in [0.15, 0.2) is 5.82 Å². The van der Waals surface area contributed by atoms with E-state index in [4.69, 9.17) is 9.47 Å². The zero-order valence-electron chi connectivity index (χ0n) is 9.52. The van der Waals surface area contributed by atoms with Crippen LogP contribution < -0.4 is 0 Å². The molecule has 1 spiro atoms. The van der Waals surface area contributed by atoms with Gasteiger partial charge in [-0.2, -0.15) is 5.10 Å². The first kappa shape index (κ1) is 10.9. The summed E-state index contributed by atoms with van der Waals surface area (Å²) in [6.07, 6.45) is 3.72. The summed E-state index contributed by atoms with van der Waals surface area (Å²) < 4.78 is 11.2. The van der Waals surface area contributed by atoms with Crippen molar-refractivity contribution in [3.8, 4) is 0 Å². The number of carbonyl (C=O) groups excluding carboxylic acids is 1. The SMILES string of the molecule is O=C(c1ncn[nH]1)C1CCOC2(CCOC2)C1. The van der Waals surface area contributed by atoms with Crippen LogP contribution in [0.1, 0.15) is 29.9 Å². The molecular formula is C11H15N3O3. The molecule has 0 bridgehead atoms. The average Bonchev–Trinajstić information content (AvgIpc) is 3.00. The highest BCUT2D eigenvalue weighted by Gasteiger charge is 2.43. The molecule has 92 valence electrons. The van der Waals surface area contributed by atoms with Crippen molar-refractivity contribution in [3.63, 3.8) is 0 Å². The molecule has 2 aliphatic heterocycles. The first-order valence-corrected chi connectivity index (χ1v) is 5.90. The van der Waals surface area contributed by atoms with E-state index in [1.807, 2.05) is 0 Å². The van der Waals surface area contributed by atoms with Crippen LogP contribution in [0.3, 0.4) is 0 Å². The van der Waals surface area contributed by atoms with E-state index in [0.29, 0.717) is 19.0 Å². The van der Waals surface area contributed by atoms with Crippen LogP contribution in [-0.4, -0.2) is 46.4 Å². The van der Waals surface area contributed by atoms with Gasteiger partial charge in [-0.15, -0.1) is 0 Å². The molecule has 0 saturated carbocycles. The molecule has 2 atom stereocenters. The number of nitrogens with zero attached hydrogens (tertiary/aromatic N) is 2. The normalized spacial score (nSPS) is 33.1. The average molecular weight is 237 g/mol. The molecule has 3 heterocycles. The summed E-state index contributed by atoms with van der Waals surface area (Å²) in [5.74, 6) is 0.362. The Morgan fingerprint density at radius 2 is 2.47 bits per heavy atom. The minimum Gasteiger partial charge on any atom is -0.378 e. The molecule has 6 heteroatoms. The van der Waals surface area contributed by atoms with E-state index in [1.54, 1.807) is 0 Å². The lowest BCUT2D eigenvalue weighted by molar-refractivity contribution is -0.0921. The van der Waals surface area contributed by atoms with Crippen LogP contribution in [0, 0.1) is 5.92 Å². The minimum absolute atomic E-state index is 0.0293. The molecule has 6 nitrogen and oxygen atoms in total. The standard InChI is InChI=1S/C11H15N3O3/c15-9(10-12-7-13-14-10)8-1-3-17-11(5-8)2-4-16-6-11/h7-8H,1-6H2,(H,12,13,14). The zero-order valence-corrected chi connectivity index (χ0v) is 9.52. The number of ether oxygens (including phenoxy) is 2. The summed E-state index contributed by atoms with van der Waals surface area (Å²) in [6.45, 7) is 1.95.